The lowest BCUT2D eigenvalue weighted by molar-refractivity contribution is 0.112. The molecule has 0 fully saturated rings. The zero-order chi connectivity index (χ0) is 19.6. The highest BCUT2D eigenvalue weighted by molar-refractivity contribution is 5.86. The molecule has 0 spiro atoms. The molecule has 138 valence electrons. The Balaban J connectivity index is 1.78. The van der Waals surface area contributed by atoms with Gasteiger partial charge in [-0.1, -0.05) is 78.9 Å². The van der Waals surface area contributed by atoms with Crippen molar-refractivity contribution in [2.75, 3.05) is 0 Å². The first-order chi connectivity index (χ1) is 14.3. The van der Waals surface area contributed by atoms with Crippen LogP contribution >= 0.6 is 0 Å². The average Bonchev–Trinajstić information content (AvgIpc) is 3.24. The van der Waals surface area contributed by atoms with E-state index in [0.29, 0.717) is 5.56 Å². The molecule has 3 aromatic carbocycles. The van der Waals surface area contributed by atoms with E-state index in [1.54, 1.807) is 0 Å². The summed E-state index contributed by atoms with van der Waals surface area (Å²) in [6, 6.07) is 30.3. The Bertz CT molecular complexity index is 1300. The Labute approximate surface area is 168 Å². The summed E-state index contributed by atoms with van der Waals surface area (Å²) in [5.74, 6) is 0. The standard InChI is InChI=1S/C26H18N2O/c29-18-19-8-7-13-22(14-19)24-15-23(20-9-3-1-4-10-20)16-28-17-25(27-26(24)28)21-11-5-2-6-12-21/h1-18H. The molecule has 0 amide bonds. The molecule has 0 radical (unpaired) electrons. The van der Waals surface area contributed by atoms with Crippen molar-refractivity contribution >= 4 is 11.9 Å². The summed E-state index contributed by atoms with van der Waals surface area (Å²) in [4.78, 5) is 16.2. The van der Waals surface area contributed by atoms with Crippen LogP contribution in [0.2, 0.25) is 0 Å². The van der Waals surface area contributed by atoms with Gasteiger partial charge in [-0.15, -0.1) is 0 Å². The summed E-state index contributed by atoms with van der Waals surface area (Å²) in [7, 11) is 0. The van der Waals surface area contributed by atoms with Crippen molar-refractivity contribution < 1.29 is 4.79 Å². The fraction of sp³-hybridized carbons (Fsp3) is 0. The van der Waals surface area contributed by atoms with Gasteiger partial charge < -0.3 is 4.40 Å². The number of hydrogen-bond donors (Lipinski definition) is 0. The minimum absolute atomic E-state index is 0.653. The van der Waals surface area contributed by atoms with Gasteiger partial charge in [-0.25, -0.2) is 4.98 Å². The maximum absolute atomic E-state index is 11.3. The molecule has 0 saturated heterocycles. The minimum Gasteiger partial charge on any atom is -0.305 e. The first-order valence-electron chi connectivity index (χ1n) is 9.51. The van der Waals surface area contributed by atoms with Crippen LogP contribution in [0.5, 0.6) is 0 Å². The molecule has 0 unspecified atom stereocenters. The van der Waals surface area contributed by atoms with Crippen LogP contribution in [0.1, 0.15) is 10.4 Å². The molecule has 0 aliphatic carbocycles. The number of imidazole rings is 1. The Kier molecular flexibility index (Phi) is 4.26. The van der Waals surface area contributed by atoms with Crippen LogP contribution in [-0.4, -0.2) is 15.7 Å². The smallest absolute Gasteiger partial charge is 0.150 e. The summed E-state index contributed by atoms with van der Waals surface area (Å²) in [5.41, 5.74) is 7.72. The summed E-state index contributed by atoms with van der Waals surface area (Å²) in [5, 5.41) is 0. The van der Waals surface area contributed by atoms with Gasteiger partial charge in [-0.2, -0.15) is 0 Å². The van der Waals surface area contributed by atoms with Crippen LogP contribution in [0.15, 0.2) is 103 Å². The van der Waals surface area contributed by atoms with Crippen molar-refractivity contribution in [2.24, 2.45) is 0 Å². The molecule has 5 aromatic rings. The Morgan fingerprint density at radius 1 is 0.655 bits per heavy atom. The van der Waals surface area contributed by atoms with E-state index in [1.807, 2.05) is 60.7 Å². The number of pyridine rings is 1. The van der Waals surface area contributed by atoms with Crippen LogP contribution in [0.3, 0.4) is 0 Å². The summed E-state index contributed by atoms with van der Waals surface area (Å²) in [6.45, 7) is 0. The zero-order valence-corrected chi connectivity index (χ0v) is 15.7. The molecule has 3 nitrogen and oxygen atoms in total. The lowest BCUT2D eigenvalue weighted by Crippen LogP contribution is -1.92. The van der Waals surface area contributed by atoms with Gasteiger partial charge in [0.2, 0.25) is 0 Å². The van der Waals surface area contributed by atoms with Crippen molar-refractivity contribution in [3.8, 4) is 33.5 Å². The molecule has 3 heteroatoms. The summed E-state index contributed by atoms with van der Waals surface area (Å²) in [6.07, 6.45) is 5.05. The number of carbonyl (C=O) groups excluding carboxylic acids is 1. The van der Waals surface area contributed by atoms with Gasteiger partial charge in [-0.3, -0.25) is 4.79 Å². The van der Waals surface area contributed by atoms with Gasteiger partial charge in [0.15, 0.2) is 0 Å². The van der Waals surface area contributed by atoms with Crippen LogP contribution in [-0.2, 0) is 0 Å². The molecule has 0 saturated carbocycles. The van der Waals surface area contributed by atoms with E-state index in [0.717, 1.165) is 45.4 Å². The van der Waals surface area contributed by atoms with E-state index >= 15 is 0 Å². The molecule has 5 rings (SSSR count). The number of rotatable bonds is 4. The summed E-state index contributed by atoms with van der Waals surface area (Å²) < 4.78 is 2.08. The number of carbonyl (C=O) groups is 1. The first-order valence-corrected chi connectivity index (χ1v) is 9.51. The van der Waals surface area contributed by atoms with Gasteiger partial charge in [0.1, 0.15) is 11.9 Å². The monoisotopic (exact) mass is 374 g/mol. The van der Waals surface area contributed by atoms with Crippen molar-refractivity contribution in [1.29, 1.82) is 0 Å². The second kappa shape index (κ2) is 7.21. The van der Waals surface area contributed by atoms with Crippen LogP contribution < -0.4 is 0 Å². The molecule has 0 N–H and O–H groups in total. The number of aromatic nitrogens is 2. The van der Waals surface area contributed by atoms with Gasteiger partial charge in [0.25, 0.3) is 0 Å². The van der Waals surface area contributed by atoms with E-state index < -0.39 is 0 Å². The highest BCUT2D eigenvalue weighted by Crippen LogP contribution is 2.32. The quantitative estimate of drug-likeness (QED) is 0.354. The summed E-state index contributed by atoms with van der Waals surface area (Å²) >= 11 is 0. The molecule has 0 aliphatic heterocycles. The second-order valence-electron chi connectivity index (χ2n) is 6.97. The molecule has 2 heterocycles. The highest BCUT2D eigenvalue weighted by Gasteiger charge is 2.13. The number of aldehydes is 1. The maximum Gasteiger partial charge on any atom is 0.150 e. The highest BCUT2D eigenvalue weighted by atomic mass is 16.1. The van der Waals surface area contributed by atoms with E-state index in [9.17, 15) is 4.79 Å². The number of benzene rings is 3. The Morgan fingerprint density at radius 2 is 1.34 bits per heavy atom. The molecule has 2 aromatic heterocycles. The minimum atomic E-state index is 0.653. The van der Waals surface area contributed by atoms with Crippen molar-refractivity contribution in [3.63, 3.8) is 0 Å². The van der Waals surface area contributed by atoms with Gasteiger partial charge >= 0.3 is 0 Å². The van der Waals surface area contributed by atoms with Crippen LogP contribution in [0.4, 0.5) is 0 Å². The SMILES string of the molecule is O=Cc1cccc(-c2cc(-c3ccccc3)cn3cc(-c4ccccc4)nc23)c1. The normalized spacial score (nSPS) is 10.9. The van der Waals surface area contributed by atoms with E-state index in [-0.39, 0.29) is 0 Å². The third-order valence-electron chi connectivity index (χ3n) is 5.06. The van der Waals surface area contributed by atoms with Gasteiger partial charge in [-0.05, 0) is 28.8 Å². The number of fused-ring (bicyclic) bond motifs is 1. The van der Waals surface area contributed by atoms with E-state index in [1.165, 1.54) is 0 Å². The Hall–Kier alpha value is -3.98. The fourth-order valence-electron chi connectivity index (χ4n) is 3.63. The second-order valence-corrected chi connectivity index (χ2v) is 6.97. The molecule has 0 atom stereocenters. The van der Waals surface area contributed by atoms with Crippen molar-refractivity contribution in [3.05, 3.63) is 109 Å². The molecular formula is C26H18N2O. The fourth-order valence-corrected chi connectivity index (χ4v) is 3.63. The molecule has 0 bridgehead atoms. The van der Waals surface area contributed by atoms with Crippen LogP contribution in [0, 0.1) is 0 Å². The van der Waals surface area contributed by atoms with Crippen molar-refractivity contribution in [1.82, 2.24) is 9.38 Å². The third-order valence-corrected chi connectivity index (χ3v) is 5.06. The molecular weight excluding hydrogens is 356 g/mol. The van der Waals surface area contributed by atoms with Crippen LogP contribution in [0.25, 0.3) is 39.2 Å². The molecule has 29 heavy (non-hydrogen) atoms. The van der Waals surface area contributed by atoms with Gasteiger partial charge in [0.05, 0.1) is 5.69 Å². The predicted octanol–water partition coefficient (Wildman–Crippen LogP) is 6.15. The lowest BCUT2D eigenvalue weighted by atomic mass is 10.00. The third kappa shape index (κ3) is 3.23. The first kappa shape index (κ1) is 17.1. The number of hydrogen-bond acceptors (Lipinski definition) is 2. The zero-order valence-electron chi connectivity index (χ0n) is 15.7. The van der Waals surface area contributed by atoms with E-state index in [2.05, 4.69) is 47.1 Å². The van der Waals surface area contributed by atoms with Gasteiger partial charge in [0, 0.05) is 29.1 Å². The topological polar surface area (TPSA) is 34.4 Å². The largest absolute Gasteiger partial charge is 0.305 e. The Morgan fingerprint density at radius 3 is 2.07 bits per heavy atom. The van der Waals surface area contributed by atoms with E-state index in [4.69, 9.17) is 4.98 Å². The average molecular weight is 374 g/mol. The predicted molar refractivity (Wildman–Crippen MR) is 117 cm³/mol. The lowest BCUT2D eigenvalue weighted by Gasteiger charge is -2.09. The number of nitrogens with zero attached hydrogens (tertiary/aromatic N) is 2. The maximum atomic E-state index is 11.3. The molecule has 0 aliphatic rings. The van der Waals surface area contributed by atoms with Crippen molar-refractivity contribution in [2.45, 2.75) is 0 Å².